The van der Waals surface area contributed by atoms with Crippen molar-refractivity contribution in [3.8, 4) is 0 Å². The first-order chi connectivity index (χ1) is 8.26. The summed E-state index contributed by atoms with van der Waals surface area (Å²) in [5.74, 6) is 2.06. The zero-order valence-electron chi connectivity index (χ0n) is 11.8. The molecule has 100 valence electrons. The Balaban J connectivity index is 2.12. The van der Waals surface area contributed by atoms with E-state index in [0.29, 0.717) is 11.7 Å². The molecule has 0 aromatic heterocycles. The quantitative estimate of drug-likeness (QED) is 0.544. The van der Waals surface area contributed by atoms with E-state index in [0.717, 1.165) is 18.8 Å². The molecule has 17 heavy (non-hydrogen) atoms. The van der Waals surface area contributed by atoms with E-state index in [9.17, 15) is 4.79 Å². The molecule has 1 unspecified atom stereocenters. The molecular formula is C16H30O. The minimum absolute atomic E-state index is 0.528. The second kappa shape index (κ2) is 8.72. The van der Waals surface area contributed by atoms with Crippen LogP contribution in [0.25, 0.3) is 0 Å². The molecule has 0 aromatic rings. The predicted molar refractivity (Wildman–Crippen MR) is 74.1 cm³/mol. The van der Waals surface area contributed by atoms with Gasteiger partial charge in [0, 0.05) is 12.8 Å². The highest BCUT2D eigenvalue weighted by Crippen LogP contribution is 2.29. The van der Waals surface area contributed by atoms with E-state index in [1.165, 1.54) is 57.8 Å². The second-order valence-corrected chi connectivity index (χ2v) is 5.85. The summed E-state index contributed by atoms with van der Waals surface area (Å²) in [7, 11) is 0. The van der Waals surface area contributed by atoms with Crippen LogP contribution < -0.4 is 0 Å². The Morgan fingerprint density at radius 1 is 1.24 bits per heavy atom. The first-order valence-corrected chi connectivity index (χ1v) is 7.77. The molecule has 0 N–H and O–H groups in total. The summed E-state index contributed by atoms with van der Waals surface area (Å²) in [6, 6.07) is 0. The van der Waals surface area contributed by atoms with Crippen LogP contribution in [-0.2, 0) is 4.79 Å². The van der Waals surface area contributed by atoms with E-state index in [2.05, 4.69) is 13.8 Å². The molecule has 1 saturated carbocycles. The Morgan fingerprint density at radius 3 is 2.53 bits per heavy atom. The number of carbonyl (C=O) groups is 1. The normalized spacial score (nSPS) is 18.5. The second-order valence-electron chi connectivity index (χ2n) is 5.85. The zero-order chi connectivity index (χ0) is 12.5. The summed E-state index contributed by atoms with van der Waals surface area (Å²) >= 11 is 0. The number of hydrogen-bond acceptors (Lipinski definition) is 1. The van der Waals surface area contributed by atoms with Gasteiger partial charge in [0.2, 0.25) is 0 Å². The fraction of sp³-hybridized carbons (Fsp3) is 0.938. The summed E-state index contributed by atoms with van der Waals surface area (Å²) in [5, 5.41) is 0. The number of carbonyl (C=O) groups excluding carboxylic acids is 1. The van der Waals surface area contributed by atoms with Crippen molar-refractivity contribution in [2.24, 2.45) is 11.8 Å². The van der Waals surface area contributed by atoms with Crippen LogP contribution >= 0.6 is 0 Å². The van der Waals surface area contributed by atoms with Gasteiger partial charge in [-0.1, -0.05) is 65.2 Å². The molecule has 0 spiro atoms. The molecular weight excluding hydrogens is 208 g/mol. The van der Waals surface area contributed by atoms with Gasteiger partial charge in [0.1, 0.15) is 5.78 Å². The van der Waals surface area contributed by atoms with E-state index >= 15 is 0 Å². The number of rotatable bonds is 9. The maximum Gasteiger partial charge on any atom is 0.133 e. The predicted octanol–water partition coefficient (Wildman–Crippen LogP) is 5.13. The first kappa shape index (κ1) is 14.7. The molecule has 1 atom stereocenters. The van der Waals surface area contributed by atoms with Gasteiger partial charge in [-0.3, -0.25) is 4.79 Å². The molecule has 0 heterocycles. The summed E-state index contributed by atoms with van der Waals surface area (Å²) in [6.07, 6.45) is 13.4. The lowest BCUT2D eigenvalue weighted by molar-refractivity contribution is -0.120. The van der Waals surface area contributed by atoms with Gasteiger partial charge in [0.15, 0.2) is 0 Å². The van der Waals surface area contributed by atoms with Gasteiger partial charge < -0.3 is 0 Å². The Bertz CT molecular complexity index is 204. The number of unbranched alkanes of at least 4 members (excludes halogenated alkanes) is 1. The van der Waals surface area contributed by atoms with Crippen LogP contribution in [0.5, 0.6) is 0 Å². The monoisotopic (exact) mass is 238 g/mol. The number of hydrogen-bond donors (Lipinski definition) is 0. The van der Waals surface area contributed by atoms with E-state index in [-0.39, 0.29) is 0 Å². The molecule has 0 amide bonds. The fourth-order valence-electron chi connectivity index (χ4n) is 3.03. The first-order valence-electron chi connectivity index (χ1n) is 7.77. The van der Waals surface area contributed by atoms with Crippen molar-refractivity contribution in [2.75, 3.05) is 0 Å². The highest BCUT2D eigenvalue weighted by atomic mass is 16.1. The Labute approximate surface area is 107 Å². The lowest BCUT2D eigenvalue weighted by atomic mass is 9.91. The third-order valence-electron chi connectivity index (χ3n) is 4.37. The van der Waals surface area contributed by atoms with E-state index in [4.69, 9.17) is 0 Å². The number of Topliss-reactive ketones (excluding diaryl/α,β-unsaturated/α-hetero) is 1. The van der Waals surface area contributed by atoms with Gasteiger partial charge in [-0.2, -0.15) is 0 Å². The van der Waals surface area contributed by atoms with Crippen molar-refractivity contribution in [2.45, 2.75) is 84.5 Å². The molecule has 1 fully saturated rings. The van der Waals surface area contributed by atoms with Crippen LogP contribution in [0.3, 0.4) is 0 Å². The van der Waals surface area contributed by atoms with Gasteiger partial charge in [-0.25, -0.2) is 0 Å². The van der Waals surface area contributed by atoms with Gasteiger partial charge in [-0.15, -0.1) is 0 Å². The average molecular weight is 238 g/mol. The lowest BCUT2D eigenvalue weighted by Gasteiger charge is -2.14. The van der Waals surface area contributed by atoms with Gasteiger partial charge in [0.05, 0.1) is 0 Å². The molecule has 0 aliphatic heterocycles. The van der Waals surface area contributed by atoms with Crippen molar-refractivity contribution in [1.29, 1.82) is 0 Å². The molecule has 1 heteroatoms. The van der Waals surface area contributed by atoms with E-state index < -0.39 is 0 Å². The highest BCUT2D eigenvalue weighted by Gasteiger charge is 2.17. The molecule has 1 aliphatic rings. The lowest BCUT2D eigenvalue weighted by Crippen LogP contribution is -2.09. The van der Waals surface area contributed by atoms with Crippen LogP contribution in [-0.4, -0.2) is 5.78 Å². The van der Waals surface area contributed by atoms with Gasteiger partial charge in [-0.05, 0) is 18.3 Å². The van der Waals surface area contributed by atoms with Crippen LogP contribution in [0, 0.1) is 11.8 Å². The molecule has 0 radical (unpaired) electrons. The Kier molecular flexibility index (Phi) is 7.55. The zero-order valence-corrected chi connectivity index (χ0v) is 11.8. The summed E-state index contributed by atoms with van der Waals surface area (Å²) in [4.78, 5) is 11.9. The van der Waals surface area contributed by atoms with Crippen LogP contribution in [0.15, 0.2) is 0 Å². The van der Waals surface area contributed by atoms with Crippen molar-refractivity contribution in [3.05, 3.63) is 0 Å². The van der Waals surface area contributed by atoms with E-state index in [1.54, 1.807) is 0 Å². The van der Waals surface area contributed by atoms with Crippen molar-refractivity contribution in [1.82, 2.24) is 0 Å². The average Bonchev–Trinajstić information content (AvgIpc) is 2.85. The molecule has 1 rings (SSSR count). The van der Waals surface area contributed by atoms with Gasteiger partial charge >= 0.3 is 0 Å². The van der Waals surface area contributed by atoms with E-state index in [1.807, 2.05) is 0 Å². The molecule has 1 nitrogen and oxygen atoms in total. The third-order valence-corrected chi connectivity index (χ3v) is 4.37. The minimum atomic E-state index is 0.528. The van der Waals surface area contributed by atoms with Crippen LogP contribution in [0.1, 0.15) is 84.5 Å². The molecule has 0 aromatic carbocycles. The van der Waals surface area contributed by atoms with Crippen LogP contribution in [0.4, 0.5) is 0 Å². The summed E-state index contributed by atoms with van der Waals surface area (Å²) < 4.78 is 0. The third kappa shape index (κ3) is 6.24. The molecule has 0 saturated heterocycles. The minimum Gasteiger partial charge on any atom is -0.300 e. The molecule has 1 aliphatic carbocycles. The SMILES string of the molecule is CCCCC(CC)CC(=O)CCC1CCCC1. The van der Waals surface area contributed by atoms with Crippen LogP contribution in [0.2, 0.25) is 0 Å². The van der Waals surface area contributed by atoms with Gasteiger partial charge in [0.25, 0.3) is 0 Å². The topological polar surface area (TPSA) is 17.1 Å². The largest absolute Gasteiger partial charge is 0.300 e. The Hall–Kier alpha value is -0.330. The maximum atomic E-state index is 11.9. The fourth-order valence-corrected chi connectivity index (χ4v) is 3.03. The number of ketones is 1. The summed E-state index contributed by atoms with van der Waals surface area (Å²) in [5.41, 5.74) is 0. The molecule has 0 bridgehead atoms. The van der Waals surface area contributed by atoms with Crippen molar-refractivity contribution < 1.29 is 4.79 Å². The smallest absolute Gasteiger partial charge is 0.133 e. The van der Waals surface area contributed by atoms with Crippen molar-refractivity contribution in [3.63, 3.8) is 0 Å². The standard InChI is InChI=1S/C16H30O/c1-3-5-8-14(4-2)13-16(17)12-11-15-9-6-7-10-15/h14-15H,3-13H2,1-2H3. The maximum absolute atomic E-state index is 11.9. The Morgan fingerprint density at radius 2 is 1.94 bits per heavy atom. The summed E-state index contributed by atoms with van der Waals surface area (Å²) in [6.45, 7) is 4.46. The highest BCUT2D eigenvalue weighted by molar-refractivity contribution is 5.78. The van der Waals surface area contributed by atoms with Crippen molar-refractivity contribution >= 4 is 5.78 Å².